The van der Waals surface area contributed by atoms with E-state index in [1.165, 1.54) is 0 Å². The van der Waals surface area contributed by atoms with Gasteiger partial charge in [-0.3, -0.25) is 9.69 Å². The molecule has 0 bridgehead atoms. The van der Waals surface area contributed by atoms with Gasteiger partial charge in [0.15, 0.2) is 0 Å². The summed E-state index contributed by atoms with van der Waals surface area (Å²) in [5.41, 5.74) is 0. The number of thiophene rings is 1. The van der Waals surface area contributed by atoms with E-state index in [1.54, 1.807) is 11.3 Å². The van der Waals surface area contributed by atoms with Crippen molar-refractivity contribution in [3.05, 3.63) is 51.7 Å². The smallest absolute Gasteiger partial charge is 0.227 e. The van der Waals surface area contributed by atoms with E-state index in [9.17, 15) is 4.79 Å². The van der Waals surface area contributed by atoms with E-state index in [0.717, 1.165) is 43.4 Å². The zero-order valence-corrected chi connectivity index (χ0v) is 15.1. The molecule has 128 valence electrons. The summed E-state index contributed by atoms with van der Waals surface area (Å²) >= 11 is 7.72. The fourth-order valence-electron chi connectivity index (χ4n) is 2.74. The van der Waals surface area contributed by atoms with Gasteiger partial charge in [-0.25, -0.2) is 0 Å². The van der Waals surface area contributed by atoms with Gasteiger partial charge < -0.3 is 9.64 Å². The summed E-state index contributed by atoms with van der Waals surface area (Å²) in [6.07, 6.45) is 0.521. The number of hydrogen-bond donors (Lipinski definition) is 0. The van der Waals surface area contributed by atoms with Crippen molar-refractivity contribution in [2.75, 3.05) is 39.3 Å². The number of amides is 1. The van der Waals surface area contributed by atoms with E-state index < -0.39 is 0 Å². The van der Waals surface area contributed by atoms with E-state index in [4.69, 9.17) is 16.3 Å². The van der Waals surface area contributed by atoms with Crippen LogP contribution in [0.2, 0.25) is 5.02 Å². The molecule has 1 fully saturated rings. The number of halogens is 1. The Kier molecular flexibility index (Phi) is 6.12. The molecule has 0 N–H and O–H groups in total. The van der Waals surface area contributed by atoms with Crippen LogP contribution in [0.25, 0.3) is 0 Å². The van der Waals surface area contributed by atoms with Crippen LogP contribution in [0.15, 0.2) is 41.8 Å². The van der Waals surface area contributed by atoms with E-state index in [1.807, 2.05) is 46.7 Å². The summed E-state index contributed by atoms with van der Waals surface area (Å²) in [4.78, 5) is 17.7. The first-order valence-electron chi connectivity index (χ1n) is 8.12. The predicted octanol–water partition coefficient (Wildman–Crippen LogP) is 3.17. The van der Waals surface area contributed by atoms with Crippen molar-refractivity contribution in [1.82, 2.24) is 9.80 Å². The zero-order valence-electron chi connectivity index (χ0n) is 13.5. The highest BCUT2D eigenvalue weighted by atomic mass is 35.5. The van der Waals surface area contributed by atoms with Gasteiger partial charge in [-0.15, -0.1) is 11.3 Å². The predicted molar refractivity (Wildman–Crippen MR) is 98.0 cm³/mol. The van der Waals surface area contributed by atoms with Crippen LogP contribution < -0.4 is 4.74 Å². The molecule has 3 rings (SSSR count). The molecule has 2 aromatic rings. The first kappa shape index (κ1) is 17.3. The minimum atomic E-state index is 0.226. The molecule has 0 unspecified atom stereocenters. The van der Waals surface area contributed by atoms with Gasteiger partial charge in [0, 0.05) is 37.6 Å². The van der Waals surface area contributed by atoms with Crippen molar-refractivity contribution in [2.45, 2.75) is 6.42 Å². The molecule has 4 nitrogen and oxygen atoms in total. The average molecular weight is 365 g/mol. The van der Waals surface area contributed by atoms with Gasteiger partial charge in [0.25, 0.3) is 0 Å². The van der Waals surface area contributed by atoms with Gasteiger partial charge in [0.05, 0.1) is 11.4 Å². The van der Waals surface area contributed by atoms with Gasteiger partial charge in [-0.05, 0) is 23.6 Å². The monoisotopic (exact) mass is 364 g/mol. The number of rotatable bonds is 6. The van der Waals surface area contributed by atoms with Gasteiger partial charge in [0.2, 0.25) is 5.91 Å². The fraction of sp³-hybridized carbons (Fsp3) is 0.389. The highest BCUT2D eigenvalue weighted by Gasteiger charge is 2.21. The number of piperazine rings is 1. The maximum atomic E-state index is 12.3. The van der Waals surface area contributed by atoms with Crippen LogP contribution in [0, 0.1) is 0 Å². The van der Waals surface area contributed by atoms with Crippen LogP contribution in [-0.4, -0.2) is 55.0 Å². The van der Waals surface area contributed by atoms with Crippen molar-refractivity contribution in [3.63, 3.8) is 0 Å². The summed E-state index contributed by atoms with van der Waals surface area (Å²) in [5, 5.41) is 2.65. The number of carbonyl (C=O) groups excluding carboxylic acids is 1. The molecule has 1 aliphatic rings. The van der Waals surface area contributed by atoms with Crippen LogP contribution >= 0.6 is 22.9 Å². The molecular formula is C18H21ClN2O2S. The van der Waals surface area contributed by atoms with E-state index in [0.29, 0.717) is 18.1 Å². The lowest BCUT2D eigenvalue weighted by atomic mass is 10.2. The standard InChI is InChI=1S/C18H21ClN2O2S/c19-16-5-1-2-6-17(16)23-12-11-20-7-9-21(10-8-20)18(22)14-15-4-3-13-24-15/h1-6,13H,7-12,14H2. The number of nitrogens with zero attached hydrogens (tertiary/aromatic N) is 2. The summed E-state index contributed by atoms with van der Waals surface area (Å²) in [5.74, 6) is 0.952. The molecule has 6 heteroatoms. The van der Waals surface area contributed by atoms with Crippen molar-refractivity contribution in [1.29, 1.82) is 0 Å². The Hall–Kier alpha value is -1.56. The maximum absolute atomic E-state index is 12.3. The lowest BCUT2D eigenvalue weighted by Gasteiger charge is -2.34. The third-order valence-electron chi connectivity index (χ3n) is 4.13. The van der Waals surface area contributed by atoms with Crippen LogP contribution in [0.4, 0.5) is 0 Å². The fourth-order valence-corrected chi connectivity index (χ4v) is 3.63. The molecule has 0 saturated carbocycles. The lowest BCUT2D eigenvalue weighted by molar-refractivity contribution is -0.132. The van der Waals surface area contributed by atoms with Gasteiger partial charge in [-0.2, -0.15) is 0 Å². The summed E-state index contributed by atoms with van der Waals surface area (Å²) in [7, 11) is 0. The maximum Gasteiger partial charge on any atom is 0.227 e. The second kappa shape index (κ2) is 8.51. The van der Waals surface area contributed by atoms with Gasteiger partial charge >= 0.3 is 0 Å². The van der Waals surface area contributed by atoms with Gasteiger partial charge in [-0.1, -0.05) is 29.8 Å². The highest BCUT2D eigenvalue weighted by Crippen LogP contribution is 2.22. The second-order valence-electron chi connectivity index (χ2n) is 5.76. The topological polar surface area (TPSA) is 32.8 Å². The third kappa shape index (κ3) is 4.72. The first-order chi connectivity index (χ1) is 11.7. The number of hydrogen-bond acceptors (Lipinski definition) is 4. The normalized spacial score (nSPS) is 15.5. The number of carbonyl (C=O) groups is 1. The Morgan fingerprint density at radius 2 is 1.92 bits per heavy atom. The van der Waals surface area contributed by atoms with Crippen LogP contribution in [0.1, 0.15) is 4.88 Å². The molecule has 0 radical (unpaired) electrons. The number of para-hydroxylation sites is 1. The molecule has 1 saturated heterocycles. The van der Waals surface area contributed by atoms with Gasteiger partial charge in [0.1, 0.15) is 12.4 Å². The molecule has 0 aliphatic carbocycles. The van der Waals surface area contributed by atoms with Crippen LogP contribution in [0.5, 0.6) is 5.75 Å². The second-order valence-corrected chi connectivity index (χ2v) is 7.20. The minimum absolute atomic E-state index is 0.226. The van der Waals surface area contributed by atoms with Crippen molar-refractivity contribution in [2.24, 2.45) is 0 Å². The molecule has 1 aromatic carbocycles. The average Bonchev–Trinajstić information content (AvgIpc) is 3.10. The van der Waals surface area contributed by atoms with Crippen LogP contribution in [-0.2, 0) is 11.2 Å². The summed E-state index contributed by atoms with van der Waals surface area (Å²) in [6, 6.07) is 11.5. The third-order valence-corrected chi connectivity index (χ3v) is 5.32. The first-order valence-corrected chi connectivity index (χ1v) is 9.38. The SMILES string of the molecule is O=C(Cc1cccs1)N1CCN(CCOc2ccccc2Cl)CC1. The lowest BCUT2D eigenvalue weighted by Crippen LogP contribution is -2.49. The summed E-state index contributed by atoms with van der Waals surface area (Å²) < 4.78 is 5.73. The molecule has 1 amide bonds. The van der Waals surface area contributed by atoms with E-state index in [2.05, 4.69) is 4.90 Å². The van der Waals surface area contributed by atoms with Crippen LogP contribution in [0.3, 0.4) is 0 Å². The largest absolute Gasteiger partial charge is 0.491 e. The molecule has 2 heterocycles. The summed E-state index contributed by atoms with van der Waals surface area (Å²) in [6.45, 7) is 4.81. The molecule has 24 heavy (non-hydrogen) atoms. The Balaban J connectivity index is 1.37. The Bertz CT molecular complexity index is 655. The number of benzene rings is 1. The Morgan fingerprint density at radius 1 is 1.12 bits per heavy atom. The van der Waals surface area contributed by atoms with Crippen molar-refractivity contribution >= 4 is 28.8 Å². The number of ether oxygens (including phenoxy) is 1. The molecule has 1 aliphatic heterocycles. The molecule has 1 aromatic heterocycles. The quantitative estimate of drug-likeness (QED) is 0.789. The molecular weight excluding hydrogens is 344 g/mol. The Morgan fingerprint density at radius 3 is 2.62 bits per heavy atom. The van der Waals surface area contributed by atoms with E-state index in [-0.39, 0.29) is 5.91 Å². The van der Waals surface area contributed by atoms with Crippen molar-refractivity contribution in [3.8, 4) is 5.75 Å². The Labute approximate surface area is 151 Å². The minimum Gasteiger partial charge on any atom is -0.491 e. The highest BCUT2D eigenvalue weighted by molar-refractivity contribution is 7.10. The van der Waals surface area contributed by atoms with E-state index >= 15 is 0 Å². The molecule has 0 atom stereocenters. The molecule has 0 spiro atoms. The zero-order chi connectivity index (χ0) is 16.8. The van der Waals surface area contributed by atoms with Crippen molar-refractivity contribution < 1.29 is 9.53 Å².